The van der Waals surface area contributed by atoms with Gasteiger partial charge in [0.2, 0.25) is 0 Å². The van der Waals surface area contributed by atoms with Crippen LogP contribution in [0.3, 0.4) is 0 Å². The highest BCUT2D eigenvalue weighted by atomic mass is 32.2. The van der Waals surface area contributed by atoms with Crippen molar-refractivity contribution in [2.45, 2.75) is 12.5 Å². The molecule has 0 radical (unpaired) electrons. The average molecular weight is 279 g/mol. The lowest BCUT2D eigenvalue weighted by Gasteiger charge is -2.31. The largest absolute Gasteiger partial charge is 0.748 e. The normalized spacial score (nSPS) is 14.2. The van der Waals surface area contributed by atoms with Crippen LogP contribution in [0.15, 0.2) is 0 Å². The highest BCUT2D eigenvalue weighted by molar-refractivity contribution is 7.85. The highest BCUT2D eigenvalue weighted by Gasteiger charge is 2.20. The first-order chi connectivity index (χ1) is 8.16. The molecule has 0 saturated heterocycles. The van der Waals surface area contributed by atoms with Gasteiger partial charge in [0.1, 0.15) is 19.3 Å². The van der Waals surface area contributed by atoms with E-state index in [1.807, 2.05) is 14.1 Å². The van der Waals surface area contributed by atoms with E-state index in [2.05, 4.69) is 5.92 Å². The standard InChI is InChI=1S/C11H21NO5S/c1-4-7-17-10-11(13)9-12(2,3)6-5-8-18(14,15)16/h1,11,13H,5-10H2,2-3H3/t11-/m0/s1. The van der Waals surface area contributed by atoms with Crippen LogP contribution in [0.5, 0.6) is 0 Å². The zero-order valence-corrected chi connectivity index (χ0v) is 11.6. The maximum absolute atomic E-state index is 10.5. The van der Waals surface area contributed by atoms with Crippen molar-refractivity contribution >= 4 is 10.1 Å². The smallest absolute Gasteiger partial charge is 0.126 e. The molecule has 0 aliphatic carbocycles. The van der Waals surface area contributed by atoms with Crippen LogP contribution >= 0.6 is 0 Å². The first-order valence-corrected chi connectivity index (χ1v) is 7.19. The molecule has 0 rings (SSSR count). The number of terminal acetylenes is 1. The molecule has 0 heterocycles. The van der Waals surface area contributed by atoms with Crippen LogP contribution < -0.4 is 0 Å². The van der Waals surface area contributed by atoms with Crippen molar-refractivity contribution in [3.63, 3.8) is 0 Å². The van der Waals surface area contributed by atoms with E-state index in [0.29, 0.717) is 17.6 Å². The number of ether oxygens (including phenoxy) is 1. The molecule has 0 fully saturated rings. The van der Waals surface area contributed by atoms with Gasteiger partial charge < -0.3 is 18.9 Å². The molecule has 106 valence electrons. The minimum absolute atomic E-state index is 0.145. The first kappa shape index (κ1) is 17.4. The van der Waals surface area contributed by atoms with Crippen molar-refractivity contribution in [2.24, 2.45) is 0 Å². The third-order valence-corrected chi connectivity index (χ3v) is 3.15. The zero-order chi connectivity index (χ0) is 14.2. The number of rotatable bonds is 9. The quantitative estimate of drug-likeness (QED) is 0.253. The highest BCUT2D eigenvalue weighted by Crippen LogP contribution is 2.03. The second kappa shape index (κ2) is 7.71. The number of hydrogen-bond donors (Lipinski definition) is 1. The van der Waals surface area contributed by atoms with Crippen LogP contribution in [-0.2, 0) is 14.9 Å². The molecule has 1 N–H and O–H groups in total. The van der Waals surface area contributed by atoms with Gasteiger partial charge in [0.15, 0.2) is 0 Å². The Kier molecular flexibility index (Phi) is 7.43. The predicted octanol–water partition coefficient (Wildman–Crippen LogP) is -0.991. The Morgan fingerprint density at radius 3 is 2.61 bits per heavy atom. The lowest BCUT2D eigenvalue weighted by molar-refractivity contribution is -0.893. The summed E-state index contributed by atoms with van der Waals surface area (Å²) < 4.78 is 36.8. The summed E-state index contributed by atoms with van der Waals surface area (Å²) >= 11 is 0. The summed E-state index contributed by atoms with van der Waals surface area (Å²) in [5.74, 6) is 1.92. The summed E-state index contributed by atoms with van der Waals surface area (Å²) in [6.45, 7) is 1.20. The van der Waals surface area contributed by atoms with Gasteiger partial charge in [-0.3, -0.25) is 0 Å². The summed E-state index contributed by atoms with van der Waals surface area (Å²) in [4.78, 5) is 0. The second-order valence-electron chi connectivity index (χ2n) is 4.83. The second-order valence-corrected chi connectivity index (χ2v) is 6.35. The number of likely N-dealkylation sites (N-methyl/N-ethyl adjacent to an activating group) is 1. The van der Waals surface area contributed by atoms with E-state index in [1.54, 1.807) is 0 Å². The van der Waals surface area contributed by atoms with E-state index in [0.717, 1.165) is 0 Å². The number of quaternary nitrogens is 1. The molecule has 0 aromatic carbocycles. The molecule has 0 amide bonds. The van der Waals surface area contributed by atoms with Crippen molar-refractivity contribution in [1.82, 2.24) is 0 Å². The molecule has 0 aliphatic rings. The van der Waals surface area contributed by atoms with Crippen molar-refractivity contribution in [1.29, 1.82) is 0 Å². The van der Waals surface area contributed by atoms with Crippen LogP contribution in [0.1, 0.15) is 6.42 Å². The molecule has 0 spiro atoms. The monoisotopic (exact) mass is 279 g/mol. The summed E-state index contributed by atoms with van der Waals surface area (Å²) in [6.07, 6.45) is 4.61. The van der Waals surface area contributed by atoms with Gasteiger partial charge in [0, 0.05) is 12.2 Å². The van der Waals surface area contributed by atoms with Gasteiger partial charge in [-0.05, 0) is 0 Å². The molecule has 0 saturated carbocycles. The molecular weight excluding hydrogens is 258 g/mol. The maximum atomic E-state index is 10.5. The first-order valence-electron chi connectivity index (χ1n) is 5.61. The van der Waals surface area contributed by atoms with E-state index >= 15 is 0 Å². The average Bonchev–Trinajstić information content (AvgIpc) is 2.14. The predicted molar refractivity (Wildman–Crippen MR) is 66.7 cm³/mol. The van der Waals surface area contributed by atoms with Crippen molar-refractivity contribution in [3.8, 4) is 12.3 Å². The Bertz CT molecular complexity index is 371. The Morgan fingerprint density at radius 1 is 1.50 bits per heavy atom. The van der Waals surface area contributed by atoms with Crippen LogP contribution in [0.25, 0.3) is 0 Å². The van der Waals surface area contributed by atoms with Gasteiger partial charge in [-0.1, -0.05) is 5.92 Å². The molecular formula is C11H21NO5S. The van der Waals surface area contributed by atoms with E-state index in [-0.39, 0.29) is 25.4 Å². The van der Waals surface area contributed by atoms with E-state index in [9.17, 15) is 18.1 Å². The molecule has 0 bridgehead atoms. The molecule has 0 aliphatic heterocycles. The van der Waals surface area contributed by atoms with Crippen LogP contribution in [0, 0.1) is 12.3 Å². The maximum Gasteiger partial charge on any atom is 0.126 e. The Morgan fingerprint density at radius 2 is 2.11 bits per heavy atom. The van der Waals surface area contributed by atoms with Crippen molar-refractivity contribution in [2.75, 3.05) is 46.2 Å². The minimum atomic E-state index is -4.16. The van der Waals surface area contributed by atoms with E-state index < -0.39 is 16.2 Å². The van der Waals surface area contributed by atoms with Gasteiger partial charge in [-0.15, -0.1) is 6.42 Å². The lowest BCUT2D eigenvalue weighted by Crippen LogP contribution is -2.47. The van der Waals surface area contributed by atoms with Crippen LogP contribution in [-0.4, -0.2) is 74.8 Å². The third-order valence-electron chi connectivity index (χ3n) is 2.36. The molecule has 0 aromatic rings. The van der Waals surface area contributed by atoms with Crippen molar-refractivity contribution in [3.05, 3.63) is 0 Å². The molecule has 0 aromatic heterocycles. The van der Waals surface area contributed by atoms with Crippen LogP contribution in [0.2, 0.25) is 0 Å². The van der Waals surface area contributed by atoms with E-state index in [4.69, 9.17) is 11.2 Å². The number of hydrogen-bond acceptors (Lipinski definition) is 5. The Labute approximate surface area is 109 Å². The lowest BCUT2D eigenvalue weighted by atomic mass is 10.3. The van der Waals surface area contributed by atoms with Gasteiger partial charge in [0.25, 0.3) is 0 Å². The summed E-state index contributed by atoms with van der Waals surface area (Å²) in [6, 6.07) is 0. The Hall–Kier alpha value is -0.650. The zero-order valence-electron chi connectivity index (χ0n) is 10.8. The Balaban J connectivity index is 3.95. The van der Waals surface area contributed by atoms with Crippen molar-refractivity contribution < 1.29 is 27.3 Å². The fourth-order valence-corrected chi connectivity index (χ4v) is 2.12. The number of nitrogens with zero attached hydrogens (tertiary/aromatic N) is 1. The van der Waals surface area contributed by atoms with Gasteiger partial charge in [0.05, 0.1) is 37.4 Å². The molecule has 0 unspecified atom stereocenters. The number of aliphatic hydroxyl groups excluding tert-OH is 1. The molecule has 18 heavy (non-hydrogen) atoms. The minimum Gasteiger partial charge on any atom is -0.748 e. The fraction of sp³-hybridized carbons (Fsp3) is 0.818. The molecule has 1 atom stereocenters. The van der Waals surface area contributed by atoms with Crippen LogP contribution in [0.4, 0.5) is 0 Å². The SMILES string of the molecule is C#CCOC[C@@H](O)C[N+](C)(C)CCCS(=O)(=O)[O-]. The van der Waals surface area contributed by atoms with Gasteiger partial charge in [-0.2, -0.15) is 0 Å². The molecule has 6 nitrogen and oxygen atoms in total. The molecule has 7 heteroatoms. The third kappa shape index (κ3) is 10.5. The topological polar surface area (TPSA) is 86.7 Å². The summed E-state index contributed by atoms with van der Waals surface area (Å²) in [5.41, 5.74) is 0. The fourth-order valence-electron chi connectivity index (χ4n) is 1.64. The van der Waals surface area contributed by atoms with Gasteiger partial charge in [-0.25, -0.2) is 8.42 Å². The van der Waals surface area contributed by atoms with Gasteiger partial charge >= 0.3 is 0 Å². The van der Waals surface area contributed by atoms with E-state index in [1.165, 1.54) is 0 Å². The summed E-state index contributed by atoms with van der Waals surface area (Å²) in [7, 11) is -0.464. The summed E-state index contributed by atoms with van der Waals surface area (Å²) in [5, 5.41) is 9.68. The number of aliphatic hydroxyl groups is 1.